The molecule has 5 aromatic rings. The van der Waals surface area contributed by atoms with Gasteiger partial charge in [-0.3, -0.25) is 4.98 Å². The lowest BCUT2D eigenvalue weighted by molar-refractivity contribution is 0.117. The van der Waals surface area contributed by atoms with Crippen LogP contribution in [0.4, 0.5) is 8.78 Å². The quantitative estimate of drug-likeness (QED) is 0.367. The Hall–Kier alpha value is -4.11. The monoisotopic (exact) mass is 462 g/mol. The fourth-order valence-corrected chi connectivity index (χ4v) is 4.39. The van der Waals surface area contributed by atoms with Gasteiger partial charge in [0, 0.05) is 16.7 Å². The molecule has 3 heterocycles. The summed E-state index contributed by atoms with van der Waals surface area (Å²) in [6, 6.07) is 10.2. The number of benzene rings is 2. The molecule has 0 spiro atoms. The minimum Gasteiger partial charge on any atom is -0.374 e. The van der Waals surface area contributed by atoms with Crippen molar-refractivity contribution in [3.05, 3.63) is 105 Å². The minimum atomic E-state index is -2.18. The van der Waals surface area contributed by atoms with Crippen LogP contribution in [-0.2, 0) is 5.60 Å². The second-order valence-electron chi connectivity index (χ2n) is 8.28. The van der Waals surface area contributed by atoms with E-state index in [0.717, 1.165) is 12.3 Å². The summed E-state index contributed by atoms with van der Waals surface area (Å²) in [6.07, 6.45) is 0.946. The second-order valence-corrected chi connectivity index (χ2v) is 8.28. The second kappa shape index (κ2) is 7.74. The molecule has 0 aliphatic heterocycles. The number of aromatic nitrogens is 4. The van der Waals surface area contributed by atoms with E-state index >= 15 is 4.39 Å². The maximum atomic E-state index is 15.3. The summed E-state index contributed by atoms with van der Waals surface area (Å²) < 4.78 is 34.4. The van der Waals surface area contributed by atoms with Crippen molar-refractivity contribution in [3.63, 3.8) is 0 Å². The van der Waals surface area contributed by atoms with Gasteiger partial charge in [0.15, 0.2) is 5.60 Å². The Morgan fingerprint density at radius 3 is 2.44 bits per heavy atom. The fourth-order valence-electron chi connectivity index (χ4n) is 4.39. The summed E-state index contributed by atoms with van der Waals surface area (Å²) in [7, 11) is 0. The molecule has 9 heteroatoms. The Kier molecular flexibility index (Phi) is 4.94. The fraction of sp³-hybridized carbons (Fsp3) is 0.160. The van der Waals surface area contributed by atoms with Crippen LogP contribution in [0.15, 0.2) is 58.0 Å². The molecule has 2 aromatic carbocycles. The predicted octanol–water partition coefficient (Wildman–Crippen LogP) is 4.39. The third-order valence-corrected chi connectivity index (χ3v) is 5.95. The van der Waals surface area contributed by atoms with E-state index in [9.17, 15) is 14.3 Å². The Morgan fingerprint density at radius 2 is 1.79 bits per heavy atom. The van der Waals surface area contributed by atoms with Crippen molar-refractivity contribution in [2.45, 2.75) is 26.4 Å². The molecule has 0 amide bonds. The number of nitrogens with zero attached hydrogens (tertiary/aromatic N) is 2. The highest BCUT2D eigenvalue weighted by Gasteiger charge is 2.40. The summed E-state index contributed by atoms with van der Waals surface area (Å²) in [5.74, 6) is -0.756. The third kappa shape index (κ3) is 3.32. The van der Waals surface area contributed by atoms with Crippen molar-refractivity contribution >= 4 is 11.0 Å². The highest BCUT2D eigenvalue weighted by Crippen LogP contribution is 2.42. The minimum absolute atomic E-state index is 0.0177. The molecule has 172 valence electrons. The number of pyridine rings is 1. The molecule has 0 bridgehead atoms. The smallest absolute Gasteiger partial charge is 0.323 e. The highest BCUT2D eigenvalue weighted by molar-refractivity contribution is 5.87. The van der Waals surface area contributed by atoms with E-state index in [-0.39, 0.29) is 22.3 Å². The van der Waals surface area contributed by atoms with Crippen LogP contribution >= 0.6 is 0 Å². The molecule has 1 unspecified atom stereocenters. The third-order valence-electron chi connectivity index (χ3n) is 5.95. The van der Waals surface area contributed by atoms with Gasteiger partial charge in [-0.15, -0.1) is 0 Å². The lowest BCUT2D eigenvalue weighted by Gasteiger charge is -2.30. The average molecular weight is 462 g/mol. The van der Waals surface area contributed by atoms with Crippen molar-refractivity contribution in [3.8, 4) is 11.1 Å². The summed E-state index contributed by atoms with van der Waals surface area (Å²) >= 11 is 0. The van der Waals surface area contributed by atoms with Crippen LogP contribution in [0.1, 0.15) is 33.8 Å². The summed E-state index contributed by atoms with van der Waals surface area (Å²) in [6.45, 7) is 5.23. The molecule has 0 saturated heterocycles. The van der Waals surface area contributed by atoms with Crippen molar-refractivity contribution in [2.75, 3.05) is 0 Å². The van der Waals surface area contributed by atoms with Gasteiger partial charge in [-0.2, -0.15) is 0 Å². The molecule has 3 N–H and O–H groups in total. The Balaban J connectivity index is 1.91. The zero-order valence-corrected chi connectivity index (χ0v) is 18.5. The molecule has 1 atom stereocenters. The van der Waals surface area contributed by atoms with Gasteiger partial charge in [0.25, 0.3) is 0 Å². The number of hydrogen-bond donors (Lipinski definition) is 3. The van der Waals surface area contributed by atoms with E-state index < -0.39 is 22.9 Å². The normalized spacial score (nSPS) is 13.4. The van der Waals surface area contributed by atoms with E-state index in [1.165, 1.54) is 18.2 Å². The molecule has 34 heavy (non-hydrogen) atoms. The van der Waals surface area contributed by atoms with E-state index in [2.05, 4.69) is 20.1 Å². The van der Waals surface area contributed by atoms with Gasteiger partial charge in [-0.1, -0.05) is 17.3 Å². The first-order valence-electron chi connectivity index (χ1n) is 10.5. The SMILES string of the molecule is Cc1ccc(C(O)(c2ccc(F)cn2)c2cc(-c3c(C)noc3C)cc3[nH]c(=O)[nH]c23)c(F)c1. The van der Waals surface area contributed by atoms with E-state index in [1.54, 1.807) is 39.0 Å². The molecular weight excluding hydrogens is 442 g/mol. The predicted molar refractivity (Wildman–Crippen MR) is 121 cm³/mol. The van der Waals surface area contributed by atoms with Crippen LogP contribution in [0.3, 0.4) is 0 Å². The molecule has 3 aromatic heterocycles. The van der Waals surface area contributed by atoms with Crippen LogP contribution in [0.25, 0.3) is 22.2 Å². The van der Waals surface area contributed by atoms with Crippen molar-refractivity contribution in [2.24, 2.45) is 0 Å². The Labute approximate surface area is 192 Å². The number of aliphatic hydroxyl groups is 1. The first kappa shape index (κ1) is 21.7. The van der Waals surface area contributed by atoms with Crippen LogP contribution in [0.5, 0.6) is 0 Å². The lowest BCUT2D eigenvalue weighted by Crippen LogP contribution is -2.32. The number of rotatable bonds is 4. The first-order valence-corrected chi connectivity index (χ1v) is 10.5. The van der Waals surface area contributed by atoms with Crippen molar-refractivity contribution in [1.29, 1.82) is 0 Å². The van der Waals surface area contributed by atoms with E-state index in [4.69, 9.17) is 4.52 Å². The van der Waals surface area contributed by atoms with Crippen LogP contribution in [0.2, 0.25) is 0 Å². The number of H-pyrrole nitrogens is 2. The van der Waals surface area contributed by atoms with Crippen LogP contribution in [-0.4, -0.2) is 25.2 Å². The maximum absolute atomic E-state index is 15.3. The summed E-state index contributed by atoms with van der Waals surface area (Å²) in [5, 5.41) is 16.2. The van der Waals surface area contributed by atoms with Gasteiger partial charge in [-0.05, 0) is 62.2 Å². The number of aromatic amines is 2. The van der Waals surface area contributed by atoms with Crippen LogP contribution in [0, 0.1) is 32.4 Å². The Morgan fingerprint density at radius 1 is 1.00 bits per heavy atom. The molecule has 0 saturated carbocycles. The number of imidazole rings is 1. The van der Waals surface area contributed by atoms with Gasteiger partial charge in [0.2, 0.25) is 0 Å². The first-order chi connectivity index (χ1) is 16.2. The standard InChI is InChI=1S/C25H20F2N4O3/c1-12-4-6-17(19(27)8-12)25(33,21-7-5-16(26)11-28-21)18-9-15(22-13(2)31-34-14(22)3)10-20-23(18)30-24(32)29-20/h4-11,33H,1-3H3,(H2,29,30,32). The van der Waals surface area contributed by atoms with E-state index in [1.807, 2.05) is 0 Å². The highest BCUT2D eigenvalue weighted by atomic mass is 19.1. The molecule has 0 fully saturated rings. The van der Waals surface area contributed by atoms with Gasteiger partial charge in [0.05, 0.1) is 28.6 Å². The number of nitrogens with one attached hydrogen (secondary N) is 2. The Bertz CT molecular complexity index is 1580. The van der Waals surface area contributed by atoms with Crippen LogP contribution < -0.4 is 5.69 Å². The van der Waals surface area contributed by atoms with Crippen molar-refractivity contribution < 1.29 is 18.4 Å². The average Bonchev–Trinajstić information content (AvgIpc) is 3.33. The molecule has 0 aliphatic rings. The molecular formula is C25H20F2N4O3. The van der Waals surface area contributed by atoms with Crippen molar-refractivity contribution in [1.82, 2.24) is 20.1 Å². The van der Waals surface area contributed by atoms with Gasteiger partial charge < -0.3 is 19.6 Å². The van der Waals surface area contributed by atoms with Gasteiger partial charge in [-0.25, -0.2) is 13.6 Å². The van der Waals surface area contributed by atoms with E-state index in [0.29, 0.717) is 33.7 Å². The topological polar surface area (TPSA) is 108 Å². The zero-order chi connectivity index (χ0) is 24.2. The molecule has 0 aliphatic carbocycles. The number of fused-ring (bicyclic) bond motifs is 1. The maximum Gasteiger partial charge on any atom is 0.323 e. The van der Waals surface area contributed by atoms with Gasteiger partial charge >= 0.3 is 5.69 Å². The molecule has 0 radical (unpaired) electrons. The summed E-state index contributed by atoms with van der Waals surface area (Å²) in [5.41, 5.74) is 0.499. The number of aryl methyl sites for hydroxylation is 3. The molecule has 7 nitrogen and oxygen atoms in total. The lowest BCUT2D eigenvalue weighted by atomic mass is 9.80. The number of halogens is 2. The number of hydrogen-bond acceptors (Lipinski definition) is 5. The van der Waals surface area contributed by atoms with Gasteiger partial charge in [0.1, 0.15) is 17.4 Å². The zero-order valence-electron chi connectivity index (χ0n) is 18.5. The largest absolute Gasteiger partial charge is 0.374 e. The summed E-state index contributed by atoms with van der Waals surface area (Å²) in [4.78, 5) is 21.7. The molecule has 5 rings (SSSR count).